The number of hydrogen-bond donors (Lipinski definition) is 2. The number of nitrogen functional groups attached to an aromatic ring is 1. The minimum absolute atomic E-state index is 0.135. The molecular formula is C16H17Cl3N4O. The topological polar surface area (TPSA) is 73.1 Å². The van der Waals surface area contributed by atoms with Crippen LogP contribution in [0.1, 0.15) is 18.4 Å². The van der Waals surface area contributed by atoms with Gasteiger partial charge >= 0.3 is 0 Å². The van der Waals surface area contributed by atoms with Gasteiger partial charge in [-0.1, -0.05) is 40.9 Å². The van der Waals surface area contributed by atoms with Gasteiger partial charge in [0.2, 0.25) is 5.95 Å². The highest BCUT2D eigenvalue weighted by Crippen LogP contribution is 2.39. The summed E-state index contributed by atoms with van der Waals surface area (Å²) in [6.45, 7) is 1.98. The summed E-state index contributed by atoms with van der Waals surface area (Å²) in [6, 6.07) is 7.27. The van der Waals surface area contributed by atoms with Crippen molar-refractivity contribution in [2.75, 3.05) is 30.8 Å². The third kappa shape index (κ3) is 3.86. The molecule has 0 amide bonds. The first-order chi connectivity index (χ1) is 11.5. The highest BCUT2D eigenvalue weighted by Gasteiger charge is 2.36. The van der Waals surface area contributed by atoms with E-state index in [4.69, 9.17) is 45.3 Å². The molecule has 1 aliphatic heterocycles. The van der Waals surface area contributed by atoms with Crippen molar-refractivity contribution in [2.45, 2.75) is 18.3 Å². The summed E-state index contributed by atoms with van der Waals surface area (Å²) in [4.78, 5) is 8.03. The van der Waals surface area contributed by atoms with Crippen LogP contribution in [-0.2, 0) is 10.2 Å². The molecular weight excluding hydrogens is 371 g/mol. The Balaban J connectivity index is 1.88. The van der Waals surface area contributed by atoms with Gasteiger partial charge in [0, 0.05) is 41.3 Å². The third-order valence-electron chi connectivity index (χ3n) is 4.27. The van der Waals surface area contributed by atoms with Crippen LogP contribution < -0.4 is 11.1 Å². The van der Waals surface area contributed by atoms with E-state index in [2.05, 4.69) is 15.3 Å². The van der Waals surface area contributed by atoms with Gasteiger partial charge in [0.1, 0.15) is 11.0 Å². The highest BCUT2D eigenvalue weighted by molar-refractivity contribution is 6.35. The van der Waals surface area contributed by atoms with Crippen LogP contribution in [0.3, 0.4) is 0 Å². The number of nitrogens with two attached hydrogens (primary N) is 1. The first-order valence-corrected chi connectivity index (χ1v) is 8.69. The number of hydrogen-bond acceptors (Lipinski definition) is 5. The lowest BCUT2D eigenvalue weighted by molar-refractivity contribution is 0.0544. The van der Waals surface area contributed by atoms with Gasteiger partial charge in [-0.2, -0.15) is 4.98 Å². The second-order valence-corrected chi connectivity index (χ2v) is 7.04. The highest BCUT2D eigenvalue weighted by atomic mass is 35.5. The minimum atomic E-state index is -0.174. The first-order valence-electron chi connectivity index (χ1n) is 7.56. The molecule has 1 saturated heterocycles. The smallest absolute Gasteiger partial charge is 0.223 e. The Bertz CT molecular complexity index is 715. The Labute approximate surface area is 155 Å². The molecule has 2 heterocycles. The number of anilines is 2. The van der Waals surface area contributed by atoms with Crippen molar-refractivity contribution in [3.05, 3.63) is 45.0 Å². The van der Waals surface area contributed by atoms with Crippen LogP contribution in [0.2, 0.25) is 15.2 Å². The first kappa shape index (κ1) is 17.5. The molecule has 24 heavy (non-hydrogen) atoms. The lowest BCUT2D eigenvalue weighted by atomic mass is 9.74. The largest absolute Gasteiger partial charge is 0.381 e. The molecule has 1 aliphatic rings. The Morgan fingerprint density at radius 2 is 1.88 bits per heavy atom. The maximum atomic E-state index is 6.46. The standard InChI is InChI=1S/C16H17Cl3N4O/c17-10-1-2-11(12(18)7-10)16(3-5-24-6-4-16)9-21-14-8-13(19)22-15(20)23-14/h1-2,7-8H,3-6,9H2,(H3,20,21,22,23). The van der Waals surface area contributed by atoms with Gasteiger partial charge in [-0.3, -0.25) is 0 Å². The molecule has 1 aromatic heterocycles. The molecule has 0 unspecified atom stereocenters. The van der Waals surface area contributed by atoms with Gasteiger partial charge in [-0.15, -0.1) is 0 Å². The van der Waals surface area contributed by atoms with Gasteiger partial charge < -0.3 is 15.8 Å². The number of aromatic nitrogens is 2. The van der Waals surface area contributed by atoms with E-state index in [0.29, 0.717) is 40.8 Å². The zero-order valence-electron chi connectivity index (χ0n) is 12.9. The fourth-order valence-electron chi connectivity index (χ4n) is 3.01. The molecule has 0 bridgehead atoms. The van der Waals surface area contributed by atoms with Crippen molar-refractivity contribution in [1.29, 1.82) is 0 Å². The monoisotopic (exact) mass is 386 g/mol. The fourth-order valence-corrected chi connectivity index (χ4v) is 3.81. The van der Waals surface area contributed by atoms with Gasteiger partial charge in [0.05, 0.1) is 0 Å². The zero-order chi connectivity index (χ0) is 17.2. The van der Waals surface area contributed by atoms with E-state index < -0.39 is 0 Å². The lowest BCUT2D eigenvalue weighted by Crippen LogP contribution is -2.40. The van der Waals surface area contributed by atoms with Crippen molar-refractivity contribution in [2.24, 2.45) is 0 Å². The number of benzene rings is 1. The predicted molar refractivity (Wildman–Crippen MR) is 98.1 cm³/mol. The summed E-state index contributed by atoms with van der Waals surface area (Å²) in [6.07, 6.45) is 1.69. The van der Waals surface area contributed by atoms with E-state index in [-0.39, 0.29) is 11.4 Å². The van der Waals surface area contributed by atoms with Gasteiger partial charge in [0.25, 0.3) is 0 Å². The Kier molecular flexibility index (Phi) is 5.35. The summed E-state index contributed by atoms with van der Waals surface area (Å²) >= 11 is 18.4. The molecule has 0 atom stereocenters. The average molecular weight is 388 g/mol. The van der Waals surface area contributed by atoms with Crippen LogP contribution in [0.4, 0.5) is 11.8 Å². The Morgan fingerprint density at radius 1 is 1.12 bits per heavy atom. The van der Waals surface area contributed by atoms with Gasteiger partial charge in [-0.05, 0) is 30.5 Å². The number of rotatable bonds is 4. The van der Waals surface area contributed by atoms with Crippen LogP contribution in [-0.4, -0.2) is 29.7 Å². The fraction of sp³-hybridized carbons (Fsp3) is 0.375. The summed E-state index contributed by atoms with van der Waals surface area (Å²) in [7, 11) is 0. The normalized spacial score (nSPS) is 16.8. The number of nitrogens with one attached hydrogen (secondary N) is 1. The summed E-state index contributed by atoms with van der Waals surface area (Å²) in [5, 5.41) is 4.89. The maximum absolute atomic E-state index is 6.46. The maximum Gasteiger partial charge on any atom is 0.223 e. The van der Waals surface area contributed by atoms with E-state index in [1.54, 1.807) is 12.1 Å². The average Bonchev–Trinajstić information content (AvgIpc) is 2.53. The molecule has 0 radical (unpaired) electrons. The van der Waals surface area contributed by atoms with Crippen LogP contribution >= 0.6 is 34.8 Å². The molecule has 3 rings (SSSR count). The second-order valence-electron chi connectivity index (χ2n) is 5.80. The van der Waals surface area contributed by atoms with E-state index in [1.807, 2.05) is 12.1 Å². The molecule has 0 spiro atoms. The SMILES string of the molecule is Nc1nc(Cl)cc(NCC2(c3ccc(Cl)cc3Cl)CCOCC2)n1. The summed E-state index contributed by atoms with van der Waals surface area (Å²) < 4.78 is 5.54. The van der Waals surface area contributed by atoms with Crippen molar-refractivity contribution in [3.8, 4) is 0 Å². The number of nitrogens with zero attached hydrogens (tertiary/aromatic N) is 2. The van der Waals surface area contributed by atoms with Crippen LogP contribution in [0.25, 0.3) is 0 Å². The zero-order valence-corrected chi connectivity index (χ0v) is 15.1. The van der Waals surface area contributed by atoms with Gasteiger partial charge in [-0.25, -0.2) is 4.98 Å². The van der Waals surface area contributed by atoms with Gasteiger partial charge in [0.15, 0.2) is 0 Å². The van der Waals surface area contributed by atoms with Crippen LogP contribution in [0.15, 0.2) is 24.3 Å². The van der Waals surface area contributed by atoms with Crippen LogP contribution in [0, 0.1) is 0 Å². The van der Waals surface area contributed by atoms with E-state index in [9.17, 15) is 0 Å². The molecule has 5 nitrogen and oxygen atoms in total. The molecule has 3 N–H and O–H groups in total. The summed E-state index contributed by atoms with van der Waals surface area (Å²) in [5.74, 6) is 0.721. The molecule has 0 saturated carbocycles. The number of ether oxygens (including phenoxy) is 1. The van der Waals surface area contributed by atoms with Crippen molar-refractivity contribution >= 4 is 46.6 Å². The van der Waals surface area contributed by atoms with E-state index in [0.717, 1.165) is 18.4 Å². The lowest BCUT2D eigenvalue weighted by Gasteiger charge is -2.38. The van der Waals surface area contributed by atoms with Crippen molar-refractivity contribution in [1.82, 2.24) is 9.97 Å². The molecule has 0 aliphatic carbocycles. The Morgan fingerprint density at radius 3 is 2.54 bits per heavy atom. The molecule has 8 heteroatoms. The quantitative estimate of drug-likeness (QED) is 0.770. The Hall–Kier alpha value is -1.27. The summed E-state index contributed by atoms with van der Waals surface area (Å²) in [5.41, 5.74) is 6.53. The van der Waals surface area contributed by atoms with Crippen molar-refractivity contribution in [3.63, 3.8) is 0 Å². The minimum Gasteiger partial charge on any atom is -0.381 e. The van der Waals surface area contributed by atoms with E-state index in [1.165, 1.54) is 0 Å². The molecule has 1 fully saturated rings. The molecule has 2 aromatic rings. The number of halogens is 3. The van der Waals surface area contributed by atoms with E-state index >= 15 is 0 Å². The van der Waals surface area contributed by atoms with Crippen molar-refractivity contribution < 1.29 is 4.74 Å². The third-order valence-corrected chi connectivity index (χ3v) is 5.01. The van der Waals surface area contributed by atoms with Crippen LogP contribution in [0.5, 0.6) is 0 Å². The molecule has 128 valence electrons. The molecule has 1 aromatic carbocycles. The second kappa shape index (κ2) is 7.31. The predicted octanol–water partition coefficient (Wildman–Crippen LogP) is 4.18.